The van der Waals surface area contributed by atoms with E-state index in [-0.39, 0.29) is 17.3 Å². The molecule has 0 aromatic heterocycles. The Labute approximate surface area is 151 Å². The number of rotatable bonds is 7. The first kappa shape index (κ1) is 21.0. The maximum Gasteiger partial charge on any atom is 0.250 e. The van der Waals surface area contributed by atoms with Crippen molar-refractivity contribution in [3.8, 4) is 11.5 Å². The molecule has 1 aromatic rings. The minimum atomic E-state index is -3.63. The average Bonchev–Trinajstić information content (AvgIpc) is 2.59. The zero-order chi connectivity index (χ0) is 16.9. The van der Waals surface area contributed by atoms with E-state index in [0.717, 1.165) is 25.9 Å². The highest BCUT2D eigenvalue weighted by Gasteiger charge is 2.33. The molecule has 8 heteroatoms. The zero-order valence-corrected chi connectivity index (χ0v) is 16.1. The highest BCUT2D eigenvalue weighted by Crippen LogP contribution is 2.36. The van der Waals surface area contributed by atoms with Crippen LogP contribution in [0.5, 0.6) is 11.5 Å². The van der Waals surface area contributed by atoms with E-state index >= 15 is 0 Å². The minimum Gasteiger partial charge on any atom is -0.495 e. The molecule has 1 saturated heterocycles. The molecule has 1 N–H and O–H groups in total. The molecular weight excluding hydrogens is 352 g/mol. The largest absolute Gasteiger partial charge is 0.495 e. The summed E-state index contributed by atoms with van der Waals surface area (Å²) in [5.74, 6) is 1.17. The minimum absolute atomic E-state index is 0. The Morgan fingerprint density at radius 1 is 1.17 bits per heavy atom. The molecule has 1 aliphatic rings. The number of halogens is 1. The van der Waals surface area contributed by atoms with Crippen LogP contribution >= 0.6 is 12.4 Å². The van der Waals surface area contributed by atoms with Gasteiger partial charge in [0.2, 0.25) is 10.0 Å². The molecule has 0 atom stereocenters. The third-order valence-electron chi connectivity index (χ3n) is 4.24. The predicted octanol–water partition coefficient (Wildman–Crippen LogP) is 2.14. The first-order valence-electron chi connectivity index (χ1n) is 7.96. The van der Waals surface area contributed by atoms with Crippen molar-refractivity contribution < 1.29 is 17.9 Å². The van der Waals surface area contributed by atoms with E-state index in [4.69, 9.17) is 9.47 Å². The highest BCUT2D eigenvalue weighted by atomic mass is 35.5. The maximum absolute atomic E-state index is 13.0. The summed E-state index contributed by atoms with van der Waals surface area (Å²) in [5.41, 5.74) is 0. The van der Waals surface area contributed by atoms with Crippen LogP contribution in [-0.2, 0) is 10.0 Å². The van der Waals surface area contributed by atoms with Crippen LogP contribution in [0.4, 0.5) is 0 Å². The van der Waals surface area contributed by atoms with Gasteiger partial charge in [-0.15, -0.1) is 12.4 Å². The van der Waals surface area contributed by atoms with Crippen LogP contribution in [0.15, 0.2) is 23.1 Å². The van der Waals surface area contributed by atoms with E-state index in [1.54, 1.807) is 18.2 Å². The Kier molecular flexibility index (Phi) is 8.29. The molecule has 1 fully saturated rings. The molecule has 1 heterocycles. The molecule has 0 radical (unpaired) electrons. The molecule has 6 nitrogen and oxygen atoms in total. The summed E-state index contributed by atoms with van der Waals surface area (Å²) in [5, 5.41) is 3.33. The van der Waals surface area contributed by atoms with Crippen molar-refractivity contribution in [3.63, 3.8) is 0 Å². The summed E-state index contributed by atoms with van der Waals surface area (Å²) < 4.78 is 38.1. The number of hydrogen-bond acceptors (Lipinski definition) is 5. The monoisotopic (exact) mass is 378 g/mol. The van der Waals surface area contributed by atoms with Gasteiger partial charge in [0.25, 0.3) is 0 Å². The van der Waals surface area contributed by atoms with E-state index in [0.29, 0.717) is 30.5 Å². The number of hydrogen-bond donors (Lipinski definition) is 1. The van der Waals surface area contributed by atoms with Gasteiger partial charge in [0.1, 0.15) is 11.5 Å². The summed E-state index contributed by atoms with van der Waals surface area (Å²) in [6.07, 6.45) is 1.73. The standard InChI is InChI=1S/C16H26N2O4S.ClH/c1-4-17-12-13-8-10-18(11-9-13)23(19,20)16-14(21-2)6-5-7-15(16)22-3;/h5-7,13,17H,4,8-12H2,1-3H3;1H. The lowest BCUT2D eigenvalue weighted by Gasteiger charge is -2.31. The van der Waals surface area contributed by atoms with Crippen molar-refractivity contribution >= 4 is 22.4 Å². The normalized spacial score (nSPS) is 16.5. The molecule has 0 amide bonds. The zero-order valence-electron chi connectivity index (χ0n) is 14.4. The summed E-state index contributed by atoms with van der Waals surface area (Å²) in [6, 6.07) is 5.01. The number of nitrogens with one attached hydrogen (secondary N) is 1. The number of methoxy groups -OCH3 is 2. The smallest absolute Gasteiger partial charge is 0.250 e. The van der Waals surface area contributed by atoms with Crippen LogP contribution in [0.1, 0.15) is 19.8 Å². The van der Waals surface area contributed by atoms with Crippen molar-refractivity contribution in [2.45, 2.75) is 24.7 Å². The fourth-order valence-electron chi connectivity index (χ4n) is 2.90. The van der Waals surface area contributed by atoms with E-state index in [2.05, 4.69) is 12.2 Å². The number of sulfonamides is 1. The molecule has 0 bridgehead atoms. The molecule has 1 aromatic carbocycles. The lowest BCUT2D eigenvalue weighted by molar-refractivity contribution is 0.266. The predicted molar refractivity (Wildman–Crippen MR) is 96.8 cm³/mol. The Balaban J connectivity index is 0.00000288. The van der Waals surface area contributed by atoms with Gasteiger partial charge in [0.15, 0.2) is 4.90 Å². The van der Waals surface area contributed by atoms with Crippen molar-refractivity contribution in [1.29, 1.82) is 0 Å². The van der Waals surface area contributed by atoms with Gasteiger partial charge < -0.3 is 14.8 Å². The second-order valence-electron chi connectivity index (χ2n) is 5.65. The molecular formula is C16H27ClN2O4S. The van der Waals surface area contributed by atoms with Crippen molar-refractivity contribution in [2.75, 3.05) is 40.4 Å². The van der Waals surface area contributed by atoms with Crippen LogP contribution in [0.2, 0.25) is 0 Å². The molecule has 0 aliphatic carbocycles. The van der Waals surface area contributed by atoms with Crippen LogP contribution in [-0.4, -0.2) is 53.1 Å². The van der Waals surface area contributed by atoms with Crippen LogP contribution in [0, 0.1) is 5.92 Å². The summed E-state index contributed by atoms with van der Waals surface area (Å²) in [4.78, 5) is 0.120. The summed E-state index contributed by atoms with van der Waals surface area (Å²) in [7, 11) is -0.691. The molecule has 2 rings (SSSR count). The third-order valence-corrected chi connectivity index (χ3v) is 6.20. The highest BCUT2D eigenvalue weighted by molar-refractivity contribution is 7.89. The number of benzene rings is 1. The Hall–Kier alpha value is -1.02. The van der Waals surface area contributed by atoms with Gasteiger partial charge in [0.05, 0.1) is 14.2 Å². The van der Waals surface area contributed by atoms with E-state index in [1.807, 2.05) is 0 Å². The van der Waals surface area contributed by atoms with Crippen LogP contribution in [0.3, 0.4) is 0 Å². The Morgan fingerprint density at radius 3 is 2.17 bits per heavy atom. The van der Waals surface area contributed by atoms with Crippen LogP contribution in [0.25, 0.3) is 0 Å². The SMILES string of the molecule is CCNCC1CCN(S(=O)(=O)c2c(OC)cccc2OC)CC1.Cl. The second-order valence-corrected chi connectivity index (χ2v) is 7.52. The molecule has 0 spiro atoms. The van der Waals surface area contributed by atoms with Gasteiger partial charge in [-0.3, -0.25) is 0 Å². The molecule has 138 valence electrons. The van der Waals surface area contributed by atoms with E-state index < -0.39 is 10.0 Å². The van der Waals surface area contributed by atoms with E-state index in [9.17, 15) is 8.42 Å². The van der Waals surface area contributed by atoms with Gasteiger partial charge in [-0.2, -0.15) is 4.31 Å². The summed E-state index contributed by atoms with van der Waals surface area (Å²) in [6.45, 7) is 5.02. The molecule has 0 unspecified atom stereocenters. The Morgan fingerprint density at radius 2 is 1.71 bits per heavy atom. The van der Waals surface area contributed by atoms with Gasteiger partial charge in [-0.1, -0.05) is 13.0 Å². The number of ether oxygens (including phenoxy) is 2. The second kappa shape index (κ2) is 9.46. The van der Waals surface area contributed by atoms with Crippen LogP contribution < -0.4 is 14.8 Å². The maximum atomic E-state index is 13.0. The number of nitrogens with zero attached hydrogens (tertiary/aromatic N) is 1. The van der Waals surface area contributed by atoms with Gasteiger partial charge in [-0.25, -0.2) is 8.42 Å². The third kappa shape index (κ3) is 4.53. The quantitative estimate of drug-likeness (QED) is 0.787. The topological polar surface area (TPSA) is 67.9 Å². The first-order chi connectivity index (χ1) is 11.0. The first-order valence-corrected chi connectivity index (χ1v) is 9.40. The van der Waals surface area contributed by atoms with Crippen molar-refractivity contribution in [3.05, 3.63) is 18.2 Å². The molecule has 1 aliphatic heterocycles. The van der Waals surface area contributed by atoms with E-state index in [1.165, 1.54) is 18.5 Å². The van der Waals surface area contributed by atoms with Crippen molar-refractivity contribution in [1.82, 2.24) is 9.62 Å². The van der Waals surface area contributed by atoms with Gasteiger partial charge in [0, 0.05) is 13.1 Å². The van der Waals surface area contributed by atoms with Gasteiger partial charge in [-0.05, 0) is 44.0 Å². The van der Waals surface area contributed by atoms with Gasteiger partial charge >= 0.3 is 0 Å². The molecule has 24 heavy (non-hydrogen) atoms. The average molecular weight is 379 g/mol. The van der Waals surface area contributed by atoms with Crippen molar-refractivity contribution in [2.24, 2.45) is 5.92 Å². The fourth-order valence-corrected chi connectivity index (χ4v) is 4.66. The molecule has 0 saturated carbocycles. The summed E-state index contributed by atoms with van der Waals surface area (Å²) >= 11 is 0. The number of piperidine rings is 1. The lowest BCUT2D eigenvalue weighted by Crippen LogP contribution is -2.40. The fraction of sp³-hybridized carbons (Fsp3) is 0.625. The lowest BCUT2D eigenvalue weighted by atomic mass is 9.98. The Bertz CT molecular complexity index is 594.